The minimum Gasteiger partial charge on any atom is -0.497 e. The van der Waals surface area contributed by atoms with E-state index in [1.165, 1.54) is 0 Å². The third-order valence-corrected chi connectivity index (χ3v) is 3.66. The normalized spacial score (nSPS) is 10.7. The topological polar surface area (TPSA) is 67.8 Å². The van der Waals surface area contributed by atoms with Gasteiger partial charge in [-0.3, -0.25) is 0 Å². The molecular formula is C20H29IN4O2. The Kier molecular flexibility index (Phi) is 11.2. The van der Waals surface area contributed by atoms with E-state index in [0.29, 0.717) is 25.6 Å². The number of aliphatic imine (C=N–C) groups is 1. The van der Waals surface area contributed by atoms with Gasteiger partial charge in [-0.05, 0) is 37.1 Å². The minimum absolute atomic E-state index is 0. The van der Waals surface area contributed by atoms with Crippen LogP contribution in [0.4, 0.5) is 0 Å². The van der Waals surface area contributed by atoms with Crippen LogP contribution in [0.15, 0.2) is 47.6 Å². The Balaban J connectivity index is 0.00000364. The second kappa shape index (κ2) is 13.2. The second-order valence-corrected chi connectivity index (χ2v) is 5.71. The number of hydrogen-bond donors (Lipinski definition) is 2. The Labute approximate surface area is 178 Å². The first-order chi connectivity index (χ1) is 12.8. The fourth-order valence-corrected chi connectivity index (χ4v) is 2.31. The van der Waals surface area contributed by atoms with Crippen molar-refractivity contribution < 1.29 is 9.47 Å². The van der Waals surface area contributed by atoms with E-state index in [9.17, 15) is 0 Å². The summed E-state index contributed by atoms with van der Waals surface area (Å²) < 4.78 is 10.9. The van der Waals surface area contributed by atoms with Crippen molar-refractivity contribution in [2.24, 2.45) is 4.99 Å². The standard InChI is InChI=1S/C20H28N4O2.HI/c1-4-13-26-19-17(7-6-12-22-19)15-24-20(21-5-2)23-14-16-8-10-18(25-3)11-9-16;/h6-12H,4-5,13-15H2,1-3H3,(H2,21,23,24);1H. The molecule has 0 fully saturated rings. The number of rotatable bonds is 9. The Morgan fingerprint density at radius 1 is 1.11 bits per heavy atom. The van der Waals surface area contributed by atoms with Gasteiger partial charge in [0.25, 0.3) is 0 Å². The molecule has 27 heavy (non-hydrogen) atoms. The molecule has 0 saturated carbocycles. The average molecular weight is 484 g/mol. The van der Waals surface area contributed by atoms with Gasteiger partial charge in [0.05, 0.1) is 20.3 Å². The molecule has 1 aromatic heterocycles. The molecule has 0 radical (unpaired) electrons. The van der Waals surface area contributed by atoms with E-state index >= 15 is 0 Å². The predicted octanol–water partition coefficient (Wildman–Crippen LogP) is 3.75. The van der Waals surface area contributed by atoms with Crippen molar-refractivity contribution in [2.75, 3.05) is 20.3 Å². The number of hydrogen-bond acceptors (Lipinski definition) is 4. The summed E-state index contributed by atoms with van der Waals surface area (Å²) in [5.41, 5.74) is 2.13. The van der Waals surface area contributed by atoms with Crippen molar-refractivity contribution >= 4 is 29.9 Å². The van der Waals surface area contributed by atoms with Crippen LogP contribution >= 0.6 is 24.0 Å². The number of nitrogens with one attached hydrogen (secondary N) is 2. The zero-order chi connectivity index (χ0) is 18.6. The quantitative estimate of drug-likeness (QED) is 0.323. The lowest BCUT2D eigenvalue weighted by molar-refractivity contribution is 0.301. The van der Waals surface area contributed by atoms with Gasteiger partial charge in [0, 0.05) is 24.8 Å². The van der Waals surface area contributed by atoms with E-state index in [1.54, 1.807) is 13.3 Å². The molecule has 0 bridgehead atoms. The molecule has 0 saturated heterocycles. The molecule has 0 spiro atoms. The zero-order valence-electron chi connectivity index (χ0n) is 16.2. The van der Waals surface area contributed by atoms with Crippen LogP contribution in [0.2, 0.25) is 0 Å². The van der Waals surface area contributed by atoms with E-state index in [1.807, 2.05) is 43.3 Å². The molecule has 0 atom stereocenters. The number of pyridine rings is 1. The van der Waals surface area contributed by atoms with Crippen LogP contribution in [-0.4, -0.2) is 31.2 Å². The van der Waals surface area contributed by atoms with Crippen molar-refractivity contribution in [3.8, 4) is 11.6 Å². The highest BCUT2D eigenvalue weighted by atomic mass is 127. The maximum absolute atomic E-state index is 5.71. The van der Waals surface area contributed by atoms with Crippen LogP contribution in [0.3, 0.4) is 0 Å². The Morgan fingerprint density at radius 2 is 1.89 bits per heavy atom. The molecule has 148 valence electrons. The van der Waals surface area contributed by atoms with Gasteiger partial charge in [-0.15, -0.1) is 24.0 Å². The number of nitrogens with zero attached hydrogens (tertiary/aromatic N) is 2. The summed E-state index contributed by atoms with van der Waals surface area (Å²) in [5.74, 6) is 2.28. The van der Waals surface area contributed by atoms with Gasteiger partial charge in [-0.1, -0.05) is 25.1 Å². The number of benzene rings is 1. The van der Waals surface area contributed by atoms with Crippen LogP contribution in [-0.2, 0) is 13.1 Å². The van der Waals surface area contributed by atoms with Gasteiger partial charge in [0.15, 0.2) is 5.96 Å². The summed E-state index contributed by atoms with van der Waals surface area (Å²) >= 11 is 0. The van der Waals surface area contributed by atoms with E-state index in [-0.39, 0.29) is 24.0 Å². The highest BCUT2D eigenvalue weighted by Gasteiger charge is 2.06. The molecule has 0 amide bonds. The molecule has 2 aromatic rings. The van der Waals surface area contributed by atoms with Crippen molar-refractivity contribution in [3.05, 3.63) is 53.7 Å². The van der Waals surface area contributed by atoms with Gasteiger partial charge < -0.3 is 20.1 Å². The molecular weight excluding hydrogens is 455 g/mol. The molecule has 1 aromatic carbocycles. The summed E-state index contributed by atoms with van der Waals surface area (Å²) in [5, 5.41) is 6.60. The summed E-state index contributed by atoms with van der Waals surface area (Å²) in [6.07, 6.45) is 2.70. The first-order valence-corrected chi connectivity index (χ1v) is 8.98. The monoisotopic (exact) mass is 484 g/mol. The van der Waals surface area contributed by atoms with Crippen molar-refractivity contribution in [1.29, 1.82) is 0 Å². The molecule has 0 aliphatic heterocycles. The van der Waals surface area contributed by atoms with Gasteiger partial charge in [-0.2, -0.15) is 0 Å². The zero-order valence-corrected chi connectivity index (χ0v) is 18.5. The number of ether oxygens (including phenoxy) is 2. The predicted molar refractivity (Wildman–Crippen MR) is 120 cm³/mol. The Bertz CT molecular complexity index is 693. The highest BCUT2D eigenvalue weighted by molar-refractivity contribution is 14.0. The molecule has 2 rings (SSSR count). The van der Waals surface area contributed by atoms with Crippen LogP contribution in [0.25, 0.3) is 0 Å². The van der Waals surface area contributed by atoms with Gasteiger partial charge in [-0.25, -0.2) is 9.98 Å². The fourth-order valence-electron chi connectivity index (χ4n) is 2.31. The van der Waals surface area contributed by atoms with Crippen LogP contribution in [0, 0.1) is 0 Å². The Morgan fingerprint density at radius 3 is 2.56 bits per heavy atom. The lowest BCUT2D eigenvalue weighted by Crippen LogP contribution is -2.36. The van der Waals surface area contributed by atoms with Crippen molar-refractivity contribution in [1.82, 2.24) is 15.6 Å². The molecule has 0 unspecified atom stereocenters. The average Bonchev–Trinajstić information content (AvgIpc) is 2.69. The van der Waals surface area contributed by atoms with E-state index < -0.39 is 0 Å². The van der Waals surface area contributed by atoms with Crippen LogP contribution < -0.4 is 20.1 Å². The second-order valence-electron chi connectivity index (χ2n) is 5.71. The molecule has 6 nitrogen and oxygen atoms in total. The van der Waals surface area contributed by atoms with Gasteiger partial charge in [0.1, 0.15) is 5.75 Å². The summed E-state index contributed by atoms with van der Waals surface area (Å²) in [7, 11) is 1.66. The fraction of sp³-hybridized carbons (Fsp3) is 0.400. The SMILES string of the molecule is CCCOc1ncccc1CNC(=NCc1ccc(OC)cc1)NCC.I. The molecule has 1 heterocycles. The minimum atomic E-state index is 0. The highest BCUT2D eigenvalue weighted by Crippen LogP contribution is 2.14. The largest absolute Gasteiger partial charge is 0.497 e. The lowest BCUT2D eigenvalue weighted by atomic mass is 10.2. The number of methoxy groups -OCH3 is 1. The maximum atomic E-state index is 5.71. The molecule has 0 aliphatic carbocycles. The first kappa shape index (κ1) is 23.0. The molecule has 7 heteroatoms. The number of aromatic nitrogens is 1. The summed E-state index contributed by atoms with van der Waals surface area (Å²) in [4.78, 5) is 8.95. The number of guanidine groups is 1. The first-order valence-electron chi connectivity index (χ1n) is 8.98. The van der Waals surface area contributed by atoms with Crippen LogP contribution in [0.5, 0.6) is 11.6 Å². The molecule has 0 aliphatic rings. The summed E-state index contributed by atoms with van der Waals surface area (Å²) in [6, 6.07) is 11.8. The van der Waals surface area contributed by atoms with Crippen LogP contribution in [0.1, 0.15) is 31.4 Å². The maximum Gasteiger partial charge on any atom is 0.218 e. The van der Waals surface area contributed by atoms with E-state index in [2.05, 4.69) is 27.5 Å². The smallest absolute Gasteiger partial charge is 0.218 e. The third kappa shape index (κ3) is 8.03. The molecule has 2 N–H and O–H groups in total. The van der Waals surface area contributed by atoms with Gasteiger partial charge in [0.2, 0.25) is 5.88 Å². The van der Waals surface area contributed by atoms with E-state index in [0.717, 1.165) is 35.8 Å². The van der Waals surface area contributed by atoms with E-state index in [4.69, 9.17) is 9.47 Å². The van der Waals surface area contributed by atoms with Crippen molar-refractivity contribution in [3.63, 3.8) is 0 Å². The third-order valence-electron chi connectivity index (χ3n) is 3.66. The van der Waals surface area contributed by atoms with Crippen molar-refractivity contribution in [2.45, 2.75) is 33.4 Å². The van der Waals surface area contributed by atoms with Gasteiger partial charge >= 0.3 is 0 Å². The summed E-state index contributed by atoms with van der Waals surface area (Å²) in [6.45, 7) is 6.77. The lowest BCUT2D eigenvalue weighted by Gasteiger charge is -2.13. The number of halogens is 1. The Hall–Kier alpha value is -2.03.